The zero-order chi connectivity index (χ0) is 31.9. The molecule has 0 bridgehead atoms. The third kappa shape index (κ3) is 5.73. The average Bonchev–Trinajstić information content (AvgIpc) is 3.68. The van der Waals surface area contributed by atoms with Crippen molar-refractivity contribution in [2.45, 2.75) is 66.8 Å². The molecule has 0 aliphatic heterocycles. The highest BCUT2D eigenvalue weighted by Gasteiger charge is 2.43. The molecule has 4 aliphatic rings. The summed E-state index contributed by atoms with van der Waals surface area (Å²) >= 11 is 0. The Morgan fingerprint density at radius 1 is 0.977 bits per heavy atom. The number of nitrogens with zero attached hydrogens (tertiary/aromatic N) is 3. The van der Waals surface area contributed by atoms with E-state index in [4.69, 9.17) is 5.10 Å². The summed E-state index contributed by atoms with van der Waals surface area (Å²) in [5, 5.41) is 30.6. The monoisotopic (exact) mass is 595 g/mol. The molecule has 0 saturated heterocycles. The molecular weight excluding hydrogens is 552 g/mol. The van der Waals surface area contributed by atoms with Crippen molar-refractivity contribution in [1.29, 1.82) is 0 Å². The quantitative estimate of drug-likeness (QED) is 0.262. The lowest BCUT2D eigenvalue weighted by atomic mass is 9.78. The Hall–Kier alpha value is -4.46. The molecule has 8 nitrogen and oxygen atoms in total. The number of aromatic hydroxyl groups is 1. The molecular formula is C36H43N4O4+. The molecule has 4 aliphatic carbocycles. The second kappa shape index (κ2) is 11.9. The summed E-state index contributed by atoms with van der Waals surface area (Å²) in [6, 6.07) is 0. The summed E-state index contributed by atoms with van der Waals surface area (Å²) in [6.07, 6.45) is 18.7. The molecule has 8 heteroatoms. The normalized spacial score (nSPS) is 22.8. The highest BCUT2D eigenvalue weighted by molar-refractivity contribution is 6.40. The van der Waals surface area contributed by atoms with Gasteiger partial charge in [-0.1, -0.05) is 55.9 Å². The van der Waals surface area contributed by atoms with Crippen LogP contribution in [0.4, 0.5) is 0 Å². The van der Waals surface area contributed by atoms with Crippen LogP contribution < -0.4 is 5.32 Å². The van der Waals surface area contributed by atoms with Gasteiger partial charge in [-0.2, -0.15) is 5.10 Å². The Kier molecular flexibility index (Phi) is 8.38. The van der Waals surface area contributed by atoms with E-state index in [1.807, 2.05) is 52.0 Å². The van der Waals surface area contributed by atoms with Gasteiger partial charge in [0.25, 0.3) is 5.91 Å². The third-order valence-electron chi connectivity index (χ3n) is 8.42. The Morgan fingerprint density at radius 3 is 2.23 bits per heavy atom. The first-order valence-electron chi connectivity index (χ1n) is 15.5. The summed E-state index contributed by atoms with van der Waals surface area (Å²) < 4.78 is 3.66. The number of Topliss-reactive ketones (excluding diaryl/α,β-unsaturated/α-hetero) is 1. The van der Waals surface area contributed by atoms with Gasteiger partial charge in [0.05, 0.1) is 33.6 Å². The van der Waals surface area contributed by atoms with E-state index < -0.39 is 11.3 Å². The van der Waals surface area contributed by atoms with Gasteiger partial charge in [-0.25, -0.2) is 9.26 Å². The summed E-state index contributed by atoms with van der Waals surface area (Å²) in [6.45, 7) is 15.5. The number of amides is 1. The molecule has 0 saturated carbocycles. The third-order valence-corrected chi connectivity index (χ3v) is 8.42. The second-order valence-electron chi connectivity index (χ2n) is 12.8. The Morgan fingerprint density at radius 2 is 1.66 bits per heavy atom. The van der Waals surface area contributed by atoms with Crippen LogP contribution in [-0.2, 0) is 21.5 Å². The van der Waals surface area contributed by atoms with Crippen LogP contribution in [0.3, 0.4) is 0 Å². The highest BCUT2D eigenvalue weighted by Crippen LogP contribution is 2.45. The Labute approximate surface area is 259 Å². The zero-order valence-electron chi connectivity index (χ0n) is 26.7. The molecule has 44 heavy (non-hydrogen) atoms. The highest BCUT2D eigenvalue weighted by atomic mass is 16.3. The van der Waals surface area contributed by atoms with E-state index in [9.17, 15) is 19.8 Å². The van der Waals surface area contributed by atoms with E-state index in [1.165, 1.54) is 10.3 Å². The lowest BCUT2D eigenvalue weighted by Crippen LogP contribution is -2.31. The van der Waals surface area contributed by atoms with E-state index >= 15 is 0 Å². The van der Waals surface area contributed by atoms with Gasteiger partial charge in [-0.3, -0.25) is 9.59 Å². The summed E-state index contributed by atoms with van der Waals surface area (Å²) in [4.78, 5) is 27.2. The molecule has 1 amide bonds. The molecule has 2 atom stereocenters. The number of nitrogens with one attached hydrogen (secondary N) is 1. The molecule has 1 aromatic rings. The lowest BCUT2D eigenvalue weighted by molar-refractivity contribution is -0.519. The van der Waals surface area contributed by atoms with Gasteiger partial charge in [-0.05, 0) is 65.4 Å². The van der Waals surface area contributed by atoms with Crippen molar-refractivity contribution in [2.75, 3.05) is 13.1 Å². The minimum Gasteiger partial charge on any atom is -0.506 e. The van der Waals surface area contributed by atoms with Crippen LogP contribution in [-0.4, -0.2) is 55.1 Å². The number of aliphatic hydroxyl groups is 1. The fourth-order valence-electron chi connectivity index (χ4n) is 6.02. The fraction of sp³-hybridized carbons (Fsp3) is 0.389. The number of carbonyl (C=O) groups is 2. The van der Waals surface area contributed by atoms with Crippen molar-refractivity contribution in [3.05, 3.63) is 99.7 Å². The molecule has 2 unspecified atom stereocenters. The van der Waals surface area contributed by atoms with Gasteiger partial charge in [0.15, 0.2) is 0 Å². The van der Waals surface area contributed by atoms with Crippen molar-refractivity contribution < 1.29 is 24.4 Å². The SMILES string of the molecule is CC[N+](CC)=C1C=C/C(=C2\C(=O)C(c3c(CCC4=CC(C)C=C4)nn(C(C)(C)C)c3O)=C2O)C(NC(=O)C2=CC(C)C=C2)=C1. The molecule has 1 aromatic heterocycles. The number of aryl methyl sites for hydroxylation is 1. The number of allylic oxidation sites excluding steroid dienone is 11. The largest absolute Gasteiger partial charge is 0.506 e. The molecule has 0 spiro atoms. The van der Waals surface area contributed by atoms with Crippen LogP contribution in [0.25, 0.3) is 5.57 Å². The van der Waals surface area contributed by atoms with E-state index in [0.717, 1.165) is 18.8 Å². The van der Waals surface area contributed by atoms with E-state index in [0.29, 0.717) is 41.3 Å². The molecule has 0 aromatic carbocycles. The van der Waals surface area contributed by atoms with Crippen LogP contribution in [0.1, 0.15) is 66.1 Å². The number of ketones is 1. The van der Waals surface area contributed by atoms with Crippen LogP contribution >= 0.6 is 0 Å². The number of aromatic nitrogens is 2. The number of hydrogen-bond acceptors (Lipinski definition) is 5. The van der Waals surface area contributed by atoms with Gasteiger partial charge in [0.2, 0.25) is 17.4 Å². The molecule has 0 fully saturated rings. The molecule has 230 valence electrons. The maximum Gasteiger partial charge on any atom is 0.255 e. The molecule has 0 radical (unpaired) electrons. The molecule has 1 heterocycles. The smallest absolute Gasteiger partial charge is 0.255 e. The first-order valence-corrected chi connectivity index (χ1v) is 15.5. The van der Waals surface area contributed by atoms with Crippen LogP contribution in [0, 0.1) is 11.8 Å². The van der Waals surface area contributed by atoms with Gasteiger partial charge in [0, 0.05) is 23.3 Å². The maximum atomic E-state index is 13.9. The van der Waals surface area contributed by atoms with E-state index in [2.05, 4.69) is 48.9 Å². The molecule has 3 N–H and O–H groups in total. The number of aliphatic hydroxyl groups excluding tert-OH is 1. The van der Waals surface area contributed by atoms with Crippen molar-refractivity contribution in [3.63, 3.8) is 0 Å². The predicted octanol–water partition coefficient (Wildman–Crippen LogP) is 5.75. The number of hydrogen-bond donors (Lipinski definition) is 3. The Bertz CT molecular complexity index is 1700. The number of carbonyl (C=O) groups excluding carboxylic acids is 2. The van der Waals surface area contributed by atoms with Crippen molar-refractivity contribution in [1.82, 2.24) is 15.1 Å². The minimum atomic E-state index is -0.549. The van der Waals surface area contributed by atoms with Gasteiger partial charge in [-0.15, -0.1) is 0 Å². The number of rotatable bonds is 8. The fourth-order valence-corrected chi connectivity index (χ4v) is 6.02. The van der Waals surface area contributed by atoms with Crippen molar-refractivity contribution >= 4 is 23.0 Å². The lowest BCUT2D eigenvalue weighted by Gasteiger charge is -2.26. The van der Waals surface area contributed by atoms with Crippen LogP contribution in [0.5, 0.6) is 5.88 Å². The second-order valence-corrected chi connectivity index (χ2v) is 12.8. The molecule has 5 rings (SSSR count). The summed E-state index contributed by atoms with van der Waals surface area (Å²) in [5.74, 6) is -0.515. The first kappa shape index (κ1) is 31.0. The first-order chi connectivity index (χ1) is 20.8. The Balaban J connectivity index is 1.58. The average molecular weight is 596 g/mol. The van der Waals surface area contributed by atoms with Gasteiger partial charge >= 0.3 is 0 Å². The van der Waals surface area contributed by atoms with E-state index in [-0.39, 0.29) is 40.2 Å². The maximum absolute atomic E-state index is 13.9. The summed E-state index contributed by atoms with van der Waals surface area (Å²) in [7, 11) is 0. The minimum absolute atomic E-state index is 0.0488. The van der Waals surface area contributed by atoms with Crippen LogP contribution in [0.2, 0.25) is 0 Å². The zero-order valence-corrected chi connectivity index (χ0v) is 26.7. The van der Waals surface area contributed by atoms with Gasteiger partial charge in [0.1, 0.15) is 18.8 Å². The predicted molar refractivity (Wildman–Crippen MR) is 173 cm³/mol. The van der Waals surface area contributed by atoms with E-state index in [1.54, 1.807) is 12.2 Å². The van der Waals surface area contributed by atoms with Crippen LogP contribution in [0.15, 0.2) is 88.4 Å². The summed E-state index contributed by atoms with van der Waals surface area (Å²) in [5.41, 5.74) is 3.91. The standard InChI is InChI=1S/C36H42N4O4/c1-8-39(9-2)25-15-16-26(28(20-25)37-34(43)24-14-11-22(4)19-24)29-32(41)31(33(29)42)30-27(17-13-23-12-10-21(3)18-23)38-40(35(30)44)36(5,6)7/h10-12,14-16,18-22H,8-9,13,17H2,1-7H3,(H2,37,38,41,42,43,44)/p+1. The van der Waals surface area contributed by atoms with Crippen molar-refractivity contribution in [3.8, 4) is 5.88 Å². The van der Waals surface area contributed by atoms with Crippen molar-refractivity contribution in [2.24, 2.45) is 11.8 Å². The topological polar surface area (TPSA) is 107 Å². The van der Waals surface area contributed by atoms with Gasteiger partial charge < -0.3 is 15.5 Å².